The molecule has 0 amide bonds. The highest BCUT2D eigenvalue weighted by Gasteiger charge is 2.19. The molecule has 12 heavy (non-hydrogen) atoms. The van der Waals surface area contributed by atoms with Gasteiger partial charge in [0.25, 0.3) is 0 Å². The third-order valence-electron chi connectivity index (χ3n) is 2.03. The summed E-state index contributed by atoms with van der Waals surface area (Å²) in [7, 11) is 0. The van der Waals surface area contributed by atoms with Crippen molar-refractivity contribution in [3.63, 3.8) is 0 Å². The molecular formula is C9H15N3. The molecule has 0 spiro atoms. The second-order valence-electron chi connectivity index (χ2n) is 3.10. The summed E-state index contributed by atoms with van der Waals surface area (Å²) in [4.78, 5) is 6.69. The van der Waals surface area contributed by atoms with Crippen molar-refractivity contribution in [2.24, 2.45) is 4.99 Å². The molecule has 1 rings (SSSR count). The molecule has 3 heteroatoms. The Morgan fingerprint density at radius 3 is 3.08 bits per heavy atom. The van der Waals surface area contributed by atoms with Crippen LogP contribution in [-0.2, 0) is 0 Å². The molecule has 1 aliphatic rings. The van der Waals surface area contributed by atoms with Crippen molar-refractivity contribution < 1.29 is 0 Å². The van der Waals surface area contributed by atoms with E-state index in [1.165, 1.54) is 0 Å². The van der Waals surface area contributed by atoms with E-state index in [1.54, 1.807) is 0 Å². The van der Waals surface area contributed by atoms with Crippen LogP contribution in [0.4, 0.5) is 0 Å². The van der Waals surface area contributed by atoms with Crippen molar-refractivity contribution in [2.75, 3.05) is 13.1 Å². The van der Waals surface area contributed by atoms with Crippen molar-refractivity contribution in [1.29, 1.82) is 5.26 Å². The molecule has 0 aromatic heterocycles. The quantitative estimate of drug-likeness (QED) is 0.634. The molecule has 0 saturated heterocycles. The van der Waals surface area contributed by atoms with Gasteiger partial charge in [0, 0.05) is 19.5 Å². The number of hydrogen-bond donors (Lipinski definition) is 0. The van der Waals surface area contributed by atoms with Crippen molar-refractivity contribution in [3.8, 4) is 6.07 Å². The van der Waals surface area contributed by atoms with Gasteiger partial charge >= 0.3 is 0 Å². The number of nitriles is 1. The van der Waals surface area contributed by atoms with Crippen LogP contribution in [0.25, 0.3) is 0 Å². The lowest BCUT2D eigenvalue weighted by Crippen LogP contribution is -2.29. The van der Waals surface area contributed by atoms with E-state index >= 15 is 0 Å². The number of hydrogen-bond acceptors (Lipinski definition) is 3. The standard InChI is InChI=1S/C9H15N3/c1-3-9-11-8(2)7-12(9)6-4-5-10/h8H,3-4,6-7H2,1-2H3. The minimum atomic E-state index is 0.415. The summed E-state index contributed by atoms with van der Waals surface area (Å²) in [5, 5.41) is 8.43. The summed E-state index contributed by atoms with van der Waals surface area (Å²) in [6.45, 7) is 6.05. The van der Waals surface area contributed by atoms with Crippen molar-refractivity contribution in [1.82, 2.24) is 4.90 Å². The van der Waals surface area contributed by atoms with Crippen LogP contribution < -0.4 is 0 Å². The normalized spacial score (nSPS) is 22.2. The summed E-state index contributed by atoms with van der Waals surface area (Å²) in [5.41, 5.74) is 0. The van der Waals surface area contributed by atoms with Gasteiger partial charge in [0.1, 0.15) is 0 Å². The van der Waals surface area contributed by atoms with E-state index in [-0.39, 0.29) is 0 Å². The maximum atomic E-state index is 8.43. The van der Waals surface area contributed by atoms with Gasteiger partial charge in [0.15, 0.2) is 0 Å². The molecule has 0 aromatic rings. The SMILES string of the molecule is CCC1=NC(C)CN1CCC#N. The number of rotatable bonds is 3. The largest absolute Gasteiger partial charge is 0.357 e. The Morgan fingerprint density at radius 2 is 2.50 bits per heavy atom. The number of nitrogens with zero attached hydrogens (tertiary/aromatic N) is 3. The molecule has 0 N–H and O–H groups in total. The first-order valence-electron chi connectivity index (χ1n) is 4.46. The summed E-state index contributed by atoms with van der Waals surface area (Å²) in [5.74, 6) is 1.16. The maximum Gasteiger partial charge on any atom is 0.0991 e. The molecule has 0 radical (unpaired) electrons. The monoisotopic (exact) mass is 165 g/mol. The minimum absolute atomic E-state index is 0.415. The Morgan fingerprint density at radius 1 is 1.75 bits per heavy atom. The van der Waals surface area contributed by atoms with Crippen LogP contribution in [0.15, 0.2) is 4.99 Å². The third kappa shape index (κ3) is 1.97. The zero-order valence-electron chi connectivity index (χ0n) is 7.75. The van der Waals surface area contributed by atoms with E-state index in [1.807, 2.05) is 0 Å². The Bertz CT molecular complexity index is 214. The van der Waals surface area contributed by atoms with E-state index in [0.717, 1.165) is 25.3 Å². The van der Waals surface area contributed by atoms with Gasteiger partial charge in [-0.1, -0.05) is 6.92 Å². The Hall–Kier alpha value is -1.04. The Kier molecular flexibility index (Phi) is 3.09. The van der Waals surface area contributed by atoms with E-state index < -0.39 is 0 Å². The molecule has 0 saturated carbocycles. The van der Waals surface area contributed by atoms with Crippen LogP contribution in [0.3, 0.4) is 0 Å². The molecule has 3 nitrogen and oxygen atoms in total. The summed E-state index contributed by atoms with van der Waals surface area (Å²) >= 11 is 0. The number of amidine groups is 1. The van der Waals surface area contributed by atoms with Gasteiger partial charge in [0.2, 0.25) is 0 Å². The predicted octanol–water partition coefficient (Wildman–Crippen LogP) is 1.41. The predicted molar refractivity (Wildman–Crippen MR) is 49.0 cm³/mol. The second-order valence-corrected chi connectivity index (χ2v) is 3.10. The van der Waals surface area contributed by atoms with Gasteiger partial charge < -0.3 is 4.90 Å². The fraction of sp³-hybridized carbons (Fsp3) is 0.778. The van der Waals surface area contributed by atoms with Crippen molar-refractivity contribution in [3.05, 3.63) is 0 Å². The van der Waals surface area contributed by atoms with E-state index in [4.69, 9.17) is 5.26 Å². The first-order valence-corrected chi connectivity index (χ1v) is 4.46. The topological polar surface area (TPSA) is 39.4 Å². The van der Waals surface area contributed by atoms with E-state index in [9.17, 15) is 0 Å². The Balaban J connectivity index is 2.46. The van der Waals surface area contributed by atoms with Gasteiger partial charge in [-0.2, -0.15) is 5.26 Å². The highest BCUT2D eigenvalue weighted by Crippen LogP contribution is 2.10. The lowest BCUT2D eigenvalue weighted by molar-refractivity contribution is 0.434. The maximum absolute atomic E-state index is 8.43. The molecule has 0 aromatic carbocycles. The molecule has 0 bridgehead atoms. The molecular weight excluding hydrogens is 150 g/mol. The molecule has 1 aliphatic heterocycles. The van der Waals surface area contributed by atoms with Gasteiger partial charge in [-0.15, -0.1) is 0 Å². The fourth-order valence-corrected chi connectivity index (χ4v) is 1.52. The summed E-state index contributed by atoms with van der Waals surface area (Å²) in [6, 6.07) is 2.57. The van der Waals surface area contributed by atoms with Gasteiger partial charge in [-0.25, -0.2) is 0 Å². The first-order chi connectivity index (χ1) is 5.77. The second kappa shape index (κ2) is 4.10. The lowest BCUT2D eigenvalue weighted by atomic mass is 10.3. The smallest absolute Gasteiger partial charge is 0.0991 e. The van der Waals surface area contributed by atoms with Crippen LogP contribution in [0.5, 0.6) is 0 Å². The molecule has 0 aliphatic carbocycles. The minimum Gasteiger partial charge on any atom is -0.357 e. The highest BCUT2D eigenvalue weighted by atomic mass is 15.2. The average molecular weight is 165 g/mol. The molecule has 1 atom stereocenters. The molecule has 0 fully saturated rings. The van der Waals surface area contributed by atoms with Crippen LogP contribution >= 0.6 is 0 Å². The third-order valence-corrected chi connectivity index (χ3v) is 2.03. The molecule has 1 unspecified atom stereocenters. The van der Waals surface area contributed by atoms with Gasteiger partial charge in [0.05, 0.1) is 24.4 Å². The van der Waals surface area contributed by atoms with Crippen molar-refractivity contribution in [2.45, 2.75) is 32.7 Å². The Labute approximate surface area is 73.7 Å². The van der Waals surface area contributed by atoms with Crippen LogP contribution in [0, 0.1) is 11.3 Å². The van der Waals surface area contributed by atoms with Crippen molar-refractivity contribution >= 4 is 5.84 Å². The van der Waals surface area contributed by atoms with Crippen LogP contribution in [0.2, 0.25) is 0 Å². The van der Waals surface area contributed by atoms with E-state index in [2.05, 4.69) is 29.8 Å². The van der Waals surface area contributed by atoms with Crippen LogP contribution in [0.1, 0.15) is 26.7 Å². The highest BCUT2D eigenvalue weighted by molar-refractivity contribution is 5.83. The lowest BCUT2D eigenvalue weighted by Gasteiger charge is -2.17. The molecule has 66 valence electrons. The van der Waals surface area contributed by atoms with Gasteiger partial charge in [-0.3, -0.25) is 4.99 Å². The van der Waals surface area contributed by atoms with Crippen LogP contribution in [-0.4, -0.2) is 29.9 Å². The zero-order valence-corrected chi connectivity index (χ0v) is 7.75. The average Bonchev–Trinajstić information content (AvgIpc) is 2.42. The zero-order chi connectivity index (χ0) is 8.97. The first kappa shape index (κ1) is 9.05. The van der Waals surface area contributed by atoms with Gasteiger partial charge in [-0.05, 0) is 6.92 Å². The summed E-state index contributed by atoms with van der Waals surface area (Å²) in [6.07, 6.45) is 1.58. The molecule has 1 heterocycles. The number of aliphatic imine (C=N–C) groups is 1. The van der Waals surface area contributed by atoms with E-state index in [0.29, 0.717) is 12.5 Å². The fourth-order valence-electron chi connectivity index (χ4n) is 1.52. The summed E-state index contributed by atoms with van der Waals surface area (Å²) < 4.78 is 0.